The summed E-state index contributed by atoms with van der Waals surface area (Å²) < 4.78 is 2.28. The van der Waals surface area contributed by atoms with Crippen molar-refractivity contribution in [1.29, 1.82) is 0 Å². The minimum Gasteiger partial charge on any atom is -0.357 e. The highest BCUT2D eigenvalue weighted by molar-refractivity contribution is 5.80. The fourth-order valence-electron chi connectivity index (χ4n) is 4.73. The van der Waals surface area contributed by atoms with E-state index in [0.717, 1.165) is 63.0 Å². The number of hydrogen-bond acceptors (Lipinski definition) is 4. The molecule has 0 radical (unpaired) electrons. The number of aliphatic imine (C=N–C) groups is 1. The van der Waals surface area contributed by atoms with Crippen LogP contribution < -0.4 is 10.6 Å². The number of likely N-dealkylation sites (tertiary alicyclic amines) is 1. The van der Waals surface area contributed by atoms with Crippen molar-refractivity contribution < 1.29 is 0 Å². The predicted molar refractivity (Wildman–Crippen MR) is 125 cm³/mol. The second-order valence-electron chi connectivity index (χ2n) is 8.86. The van der Waals surface area contributed by atoms with Crippen molar-refractivity contribution >= 4 is 5.96 Å². The fraction of sp³-hybridized carbons (Fsp3) is 0.625. The van der Waals surface area contributed by atoms with Crippen LogP contribution in [0.5, 0.6) is 0 Å². The molecule has 4 rings (SSSR count). The molecule has 2 atom stereocenters. The van der Waals surface area contributed by atoms with Crippen LogP contribution in [0, 0.1) is 0 Å². The number of nitrogens with one attached hydrogen (secondary N) is 2. The van der Waals surface area contributed by atoms with Gasteiger partial charge in [0.1, 0.15) is 12.4 Å². The molecule has 7 nitrogen and oxygen atoms in total. The summed E-state index contributed by atoms with van der Waals surface area (Å²) in [6.45, 7) is 9.04. The maximum atomic E-state index is 4.86. The van der Waals surface area contributed by atoms with E-state index in [-0.39, 0.29) is 0 Å². The van der Waals surface area contributed by atoms with E-state index < -0.39 is 0 Å². The van der Waals surface area contributed by atoms with Gasteiger partial charge in [0, 0.05) is 44.7 Å². The summed E-state index contributed by atoms with van der Waals surface area (Å²) in [6.07, 6.45) is 6.98. The Morgan fingerprint density at radius 3 is 2.81 bits per heavy atom. The summed E-state index contributed by atoms with van der Waals surface area (Å²) >= 11 is 0. The third kappa shape index (κ3) is 5.85. The quantitative estimate of drug-likeness (QED) is 0.552. The van der Waals surface area contributed by atoms with Crippen molar-refractivity contribution in [2.24, 2.45) is 4.99 Å². The molecule has 1 aromatic carbocycles. The van der Waals surface area contributed by atoms with Gasteiger partial charge in [0.2, 0.25) is 0 Å². The third-order valence-corrected chi connectivity index (χ3v) is 6.49. The molecule has 1 saturated heterocycles. The molecule has 2 aliphatic rings. The number of hydrogen-bond donors (Lipinski definition) is 2. The minimum absolute atomic E-state index is 0.440. The summed E-state index contributed by atoms with van der Waals surface area (Å²) in [5.41, 5.74) is 1.39. The normalized spacial score (nSPS) is 22.6. The molecular weight excluding hydrogens is 386 g/mol. The van der Waals surface area contributed by atoms with Gasteiger partial charge in [-0.25, -0.2) is 4.99 Å². The lowest BCUT2D eigenvalue weighted by Crippen LogP contribution is -2.51. The van der Waals surface area contributed by atoms with Crippen LogP contribution in [0.3, 0.4) is 0 Å². The average molecular weight is 424 g/mol. The lowest BCUT2D eigenvalue weighted by atomic mass is 9.97. The SMILES string of the molecule is CCNC(=NCc1nnc2n1CCCCC2)NC1CCN(Cc2ccccc2)C(C)C1. The zero-order valence-electron chi connectivity index (χ0n) is 19.1. The van der Waals surface area contributed by atoms with Gasteiger partial charge in [-0.2, -0.15) is 0 Å². The second-order valence-corrected chi connectivity index (χ2v) is 8.86. The summed E-state index contributed by atoms with van der Waals surface area (Å²) in [5.74, 6) is 3.00. The first-order valence-corrected chi connectivity index (χ1v) is 12.0. The van der Waals surface area contributed by atoms with Gasteiger partial charge in [0.15, 0.2) is 11.8 Å². The summed E-state index contributed by atoms with van der Waals surface area (Å²) in [6, 6.07) is 11.8. The lowest BCUT2D eigenvalue weighted by Gasteiger charge is -2.38. The number of fused-ring (bicyclic) bond motifs is 1. The molecule has 1 fully saturated rings. The molecule has 3 heterocycles. The zero-order chi connectivity index (χ0) is 21.5. The average Bonchev–Trinajstić information content (AvgIpc) is 3.00. The second kappa shape index (κ2) is 10.8. The van der Waals surface area contributed by atoms with Crippen molar-refractivity contribution in [3.63, 3.8) is 0 Å². The van der Waals surface area contributed by atoms with E-state index in [4.69, 9.17) is 4.99 Å². The van der Waals surface area contributed by atoms with Gasteiger partial charge in [-0.15, -0.1) is 10.2 Å². The van der Waals surface area contributed by atoms with Crippen molar-refractivity contribution in [2.45, 2.75) is 84.1 Å². The van der Waals surface area contributed by atoms with E-state index in [0.29, 0.717) is 18.6 Å². The Balaban J connectivity index is 1.34. The number of aryl methyl sites for hydroxylation is 1. The number of aromatic nitrogens is 3. The highest BCUT2D eigenvalue weighted by Crippen LogP contribution is 2.20. The minimum atomic E-state index is 0.440. The maximum Gasteiger partial charge on any atom is 0.191 e. The van der Waals surface area contributed by atoms with Crippen molar-refractivity contribution in [2.75, 3.05) is 13.1 Å². The Morgan fingerprint density at radius 1 is 1.13 bits per heavy atom. The van der Waals surface area contributed by atoms with Crippen molar-refractivity contribution in [3.8, 4) is 0 Å². The van der Waals surface area contributed by atoms with Gasteiger partial charge in [0.05, 0.1) is 0 Å². The van der Waals surface area contributed by atoms with Gasteiger partial charge in [-0.05, 0) is 45.1 Å². The van der Waals surface area contributed by atoms with Gasteiger partial charge >= 0.3 is 0 Å². The molecule has 0 amide bonds. The lowest BCUT2D eigenvalue weighted by molar-refractivity contribution is 0.134. The standard InChI is InChI=1S/C24H37N7/c1-3-25-24(26-17-23-29-28-22-12-8-5-9-14-31(22)23)27-21-13-15-30(19(2)16-21)18-20-10-6-4-7-11-20/h4,6-7,10-11,19,21H,3,5,8-9,12-18H2,1-2H3,(H2,25,26,27). The third-order valence-electron chi connectivity index (χ3n) is 6.49. The summed E-state index contributed by atoms with van der Waals surface area (Å²) in [7, 11) is 0. The number of benzene rings is 1. The monoisotopic (exact) mass is 423 g/mol. The number of nitrogens with zero attached hydrogens (tertiary/aromatic N) is 5. The topological polar surface area (TPSA) is 70.4 Å². The molecule has 2 aliphatic heterocycles. The molecule has 1 aromatic heterocycles. The Labute approximate surface area is 186 Å². The van der Waals surface area contributed by atoms with Gasteiger partial charge in [-0.1, -0.05) is 36.8 Å². The largest absolute Gasteiger partial charge is 0.357 e. The molecule has 2 unspecified atom stereocenters. The van der Waals surface area contributed by atoms with Gasteiger partial charge < -0.3 is 15.2 Å². The summed E-state index contributed by atoms with van der Waals surface area (Å²) in [5, 5.41) is 15.9. The summed E-state index contributed by atoms with van der Waals surface area (Å²) in [4.78, 5) is 7.44. The van der Waals surface area contributed by atoms with E-state index in [2.05, 4.69) is 74.5 Å². The van der Waals surface area contributed by atoms with E-state index in [1.165, 1.54) is 24.8 Å². The van der Waals surface area contributed by atoms with E-state index >= 15 is 0 Å². The first-order chi connectivity index (χ1) is 15.2. The Kier molecular flexibility index (Phi) is 7.57. The van der Waals surface area contributed by atoms with Crippen LogP contribution in [0.25, 0.3) is 0 Å². The molecule has 0 aliphatic carbocycles. The van der Waals surface area contributed by atoms with Crippen LogP contribution in [0.15, 0.2) is 35.3 Å². The molecule has 2 aromatic rings. The van der Waals surface area contributed by atoms with E-state index in [1.807, 2.05) is 0 Å². The van der Waals surface area contributed by atoms with Crippen molar-refractivity contribution in [3.05, 3.63) is 47.5 Å². The fourth-order valence-corrected chi connectivity index (χ4v) is 4.73. The van der Waals surface area contributed by atoms with Gasteiger partial charge in [-0.3, -0.25) is 4.90 Å². The van der Waals surface area contributed by atoms with E-state index in [9.17, 15) is 0 Å². The molecule has 2 N–H and O–H groups in total. The van der Waals surface area contributed by atoms with Crippen LogP contribution in [0.2, 0.25) is 0 Å². The molecule has 0 spiro atoms. The van der Waals surface area contributed by atoms with Crippen LogP contribution in [0.1, 0.15) is 63.2 Å². The van der Waals surface area contributed by atoms with Crippen molar-refractivity contribution in [1.82, 2.24) is 30.3 Å². The Morgan fingerprint density at radius 2 is 2.00 bits per heavy atom. The molecule has 7 heteroatoms. The van der Waals surface area contributed by atoms with E-state index in [1.54, 1.807) is 0 Å². The van der Waals surface area contributed by atoms with Crippen LogP contribution in [-0.2, 0) is 26.1 Å². The van der Waals surface area contributed by atoms with Crippen LogP contribution >= 0.6 is 0 Å². The number of rotatable bonds is 6. The maximum absolute atomic E-state index is 4.86. The highest BCUT2D eigenvalue weighted by atomic mass is 15.3. The first-order valence-electron chi connectivity index (χ1n) is 12.0. The highest BCUT2D eigenvalue weighted by Gasteiger charge is 2.26. The molecule has 31 heavy (non-hydrogen) atoms. The molecule has 168 valence electrons. The van der Waals surface area contributed by atoms with Gasteiger partial charge in [0.25, 0.3) is 0 Å². The molecular formula is C24H37N7. The number of piperidine rings is 1. The smallest absolute Gasteiger partial charge is 0.191 e. The Hall–Kier alpha value is -2.41. The molecule has 0 bridgehead atoms. The molecule has 0 saturated carbocycles. The van der Waals surface area contributed by atoms with Crippen LogP contribution in [0.4, 0.5) is 0 Å². The predicted octanol–water partition coefficient (Wildman–Crippen LogP) is 3.11. The number of guanidine groups is 1. The Bertz CT molecular complexity index is 845. The first kappa shape index (κ1) is 21.8. The zero-order valence-corrected chi connectivity index (χ0v) is 19.1. The van der Waals surface area contributed by atoms with Crippen LogP contribution in [-0.4, -0.2) is 50.8 Å².